The third-order valence-electron chi connectivity index (χ3n) is 2.86. The van der Waals surface area contributed by atoms with Gasteiger partial charge in [-0.2, -0.15) is 0 Å². The van der Waals surface area contributed by atoms with Gasteiger partial charge >= 0.3 is 0 Å². The Morgan fingerprint density at radius 2 is 1.57 bits per heavy atom. The average Bonchev–Trinajstić information content (AvgIpc) is 2.45. The van der Waals surface area contributed by atoms with Gasteiger partial charge in [-0.3, -0.25) is 4.79 Å². The summed E-state index contributed by atoms with van der Waals surface area (Å²) in [6.07, 6.45) is 4.33. The van der Waals surface area contributed by atoms with Crippen LogP contribution in [-0.2, 0) is 9.84 Å². The van der Waals surface area contributed by atoms with Crippen molar-refractivity contribution in [1.82, 2.24) is 0 Å². The number of carbonyl (C=O) groups is 1. The zero-order chi connectivity index (χ0) is 15.5. The van der Waals surface area contributed by atoms with E-state index in [1.807, 2.05) is 24.3 Å². The predicted molar refractivity (Wildman–Crippen MR) is 87.1 cm³/mol. The molecule has 0 fully saturated rings. The van der Waals surface area contributed by atoms with Gasteiger partial charge in [0.1, 0.15) is 0 Å². The highest BCUT2D eigenvalue weighted by molar-refractivity contribution is 9.10. The Balaban J connectivity index is 2.15. The van der Waals surface area contributed by atoms with Gasteiger partial charge in [-0.15, -0.1) is 0 Å². The van der Waals surface area contributed by atoms with Crippen LogP contribution >= 0.6 is 15.9 Å². The largest absolute Gasteiger partial charge is 0.289 e. The molecule has 0 saturated carbocycles. The number of benzene rings is 2. The second kappa shape index (κ2) is 6.37. The molecule has 0 radical (unpaired) electrons. The van der Waals surface area contributed by atoms with Crippen LogP contribution in [0.1, 0.15) is 15.9 Å². The molecule has 0 saturated heterocycles. The van der Waals surface area contributed by atoms with Crippen molar-refractivity contribution in [1.29, 1.82) is 0 Å². The minimum atomic E-state index is -3.24. The molecule has 5 heteroatoms. The van der Waals surface area contributed by atoms with Gasteiger partial charge in [-0.25, -0.2) is 8.42 Å². The maximum absolute atomic E-state index is 12.0. The van der Waals surface area contributed by atoms with Crippen LogP contribution in [0.25, 0.3) is 6.08 Å². The molecular formula is C16H13BrO3S. The summed E-state index contributed by atoms with van der Waals surface area (Å²) in [6.45, 7) is 0. The fourth-order valence-electron chi connectivity index (χ4n) is 1.71. The van der Waals surface area contributed by atoms with Gasteiger partial charge in [0.2, 0.25) is 0 Å². The lowest BCUT2D eigenvalue weighted by Crippen LogP contribution is -1.99. The maximum Gasteiger partial charge on any atom is 0.185 e. The highest BCUT2D eigenvalue weighted by Gasteiger charge is 2.08. The molecule has 0 aliphatic heterocycles. The van der Waals surface area contributed by atoms with Crippen LogP contribution in [0.2, 0.25) is 0 Å². The monoisotopic (exact) mass is 364 g/mol. The van der Waals surface area contributed by atoms with Crippen molar-refractivity contribution in [2.45, 2.75) is 4.90 Å². The topological polar surface area (TPSA) is 51.2 Å². The molecule has 2 rings (SSSR count). The summed E-state index contributed by atoms with van der Waals surface area (Å²) < 4.78 is 23.7. The summed E-state index contributed by atoms with van der Waals surface area (Å²) in [5.41, 5.74) is 1.37. The van der Waals surface area contributed by atoms with E-state index in [0.717, 1.165) is 16.3 Å². The minimum Gasteiger partial charge on any atom is -0.289 e. The zero-order valence-electron chi connectivity index (χ0n) is 11.3. The van der Waals surface area contributed by atoms with E-state index in [1.54, 1.807) is 6.08 Å². The van der Waals surface area contributed by atoms with Gasteiger partial charge in [0.15, 0.2) is 15.6 Å². The lowest BCUT2D eigenvalue weighted by Gasteiger charge is -2.00. The fraction of sp³-hybridized carbons (Fsp3) is 0.0625. The van der Waals surface area contributed by atoms with Crippen LogP contribution in [0.5, 0.6) is 0 Å². The highest BCUT2D eigenvalue weighted by Crippen LogP contribution is 2.13. The second-order valence-electron chi connectivity index (χ2n) is 4.55. The molecule has 0 aromatic heterocycles. The molecule has 0 bridgehead atoms. The molecule has 0 atom stereocenters. The first kappa shape index (κ1) is 15.7. The SMILES string of the molecule is CS(=O)(=O)c1ccc(C(=O)C=Cc2ccc(Br)cc2)cc1. The molecule has 2 aromatic carbocycles. The van der Waals surface area contributed by atoms with Crippen molar-refractivity contribution in [3.8, 4) is 0 Å². The molecule has 0 spiro atoms. The summed E-state index contributed by atoms with van der Waals surface area (Å²) in [4.78, 5) is 12.2. The Hall–Kier alpha value is -1.72. The number of carbonyl (C=O) groups excluding carboxylic acids is 1. The molecule has 0 heterocycles. The molecule has 0 aliphatic carbocycles. The van der Waals surface area contributed by atoms with Gasteiger partial charge in [0, 0.05) is 16.3 Å². The van der Waals surface area contributed by atoms with Crippen LogP contribution in [0.4, 0.5) is 0 Å². The van der Waals surface area contributed by atoms with Gasteiger partial charge in [0.05, 0.1) is 4.90 Å². The van der Waals surface area contributed by atoms with Crippen molar-refractivity contribution in [3.63, 3.8) is 0 Å². The summed E-state index contributed by atoms with van der Waals surface area (Å²) in [7, 11) is -3.24. The lowest BCUT2D eigenvalue weighted by atomic mass is 10.1. The lowest BCUT2D eigenvalue weighted by molar-refractivity contribution is 0.104. The van der Waals surface area contributed by atoms with Crippen LogP contribution in [-0.4, -0.2) is 20.5 Å². The molecule has 0 N–H and O–H groups in total. The molecule has 21 heavy (non-hydrogen) atoms. The third kappa shape index (κ3) is 4.37. The molecule has 3 nitrogen and oxygen atoms in total. The molecule has 0 amide bonds. The number of sulfone groups is 1. The summed E-state index contributed by atoms with van der Waals surface area (Å²) in [5, 5.41) is 0. The fourth-order valence-corrected chi connectivity index (χ4v) is 2.60. The van der Waals surface area contributed by atoms with Crippen LogP contribution in [0, 0.1) is 0 Å². The van der Waals surface area contributed by atoms with Crippen molar-refractivity contribution in [2.24, 2.45) is 0 Å². The van der Waals surface area contributed by atoms with Crippen molar-refractivity contribution in [2.75, 3.05) is 6.26 Å². The molecular weight excluding hydrogens is 352 g/mol. The van der Waals surface area contributed by atoms with Crippen molar-refractivity contribution in [3.05, 3.63) is 70.2 Å². The van der Waals surface area contributed by atoms with E-state index in [0.29, 0.717) is 5.56 Å². The van der Waals surface area contributed by atoms with Crippen LogP contribution in [0.15, 0.2) is 64.0 Å². The summed E-state index contributed by atoms with van der Waals surface area (Å²) in [6, 6.07) is 13.5. The van der Waals surface area contributed by atoms with Crippen molar-refractivity contribution < 1.29 is 13.2 Å². The van der Waals surface area contributed by atoms with E-state index in [2.05, 4.69) is 15.9 Å². The van der Waals surface area contributed by atoms with Crippen LogP contribution < -0.4 is 0 Å². The normalized spacial score (nSPS) is 11.7. The van der Waals surface area contributed by atoms with Gasteiger partial charge < -0.3 is 0 Å². The predicted octanol–water partition coefficient (Wildman–Crippen LogP) is 3.75. The zero-order valence-corrected chi connectivity index (χ0v) is 13.7. The van der Waals surface area contributed by atoms with E-state index in [9.17, 15) is 13.2 Å². The van der Waals surface area contributed by atoms with Crippen molar-refractivity contribution >= 4 is 37.6 Å². The molecule has 0 aliphatic rings. The first-order valence-electron chi connectivity index (χ1n) is 6.14. The number of allylic oxidation sites excluding steroid dienone is 1. The van der Waals surface area contributed by atoms with E-state index in [-0.39, 0.29) is 10.7 Å². The summed E-state index contributed by atoms with van der Waals surface area (Å²) in [5.74, 6) is -0.169. The van der Waals surface area contributed by atoms with Gasteiger partial charge in [-0.05, 0) is 48.0 Å². The maximum atomic E-state index is 12.0. The highest BCUT2D eigenvalue weighted by atomic mass is 79.9. The Labute approximate surface area is 132 Å². The number of hydrogen-bond donors (Lipinski definition) is 0. The smallest absolute Gasteiger partial charge is 0.185 e. The molecule has 0 unspecified atom stereocenters. The first-order chi connectivity index (χ1) is 9.86. The standard InChI is InChI=1S/C16H13BrO3S/c1-21(19,20)15-9-5-13(6-10-15)16(18)11-4-12-2-7-14(17)8-3-12/h2-11H,1H3. The number of halogens is 1. The minimum absolute atomic E-state index is 0.169. The third-order valence-corrected chi connectivity index (χ3v) is 4.52. The quantitative estimate of drug-likeness (QED) is 0.613. The van der Waals surface area contributed by atoms with E-state index in [4.69, 9.17) is 0 Å². The Bertz CT molecular complexity index is 773. The van der Waals surface area contributed by atoms with Gasteiger partial charge in [-0.1, -0.05) is 34.1 Å². The second-order valence-corrected chi connectivity index (χ2v) is 7.48. The first-order valence-corrected chi connectivity index (χ1v) is 8.83. The average molecular weight is 365 g/mol. The Morgan fingerprint density at radius 3 is 2.10 bits per heavy atom. The molecule has 2 aromatic rings. The Morgan fingerprint density at radius 1 is 1.00 bits per heavy atom. The van der Waals surface area contributed by atoms with E-state index >= 15 is 0 Å². The molecule has 108 valence electrons. The Kier molecular flexibility index (Phi) is 4.75. The van der Waals surface area contributed by atoms with Gasteiger partial charge in [0.25, 0.3) is 0 Å². The number of ketones is 1. The van der Waals surface area contributed by atoms with Crippen LogP contribution in [0.3, 0.4) is 0 Å². The van der Waals surface area contributed by atoms with E-state index in [1.165, 1.54) is 30.3 Å². The number of hydrogen-bond acceptors (Lipinski definition) is 3. The van der Waals surface area contributed by atoms with E-state index < -0.39 is 9.84 Å². The summed E-state index contributed by atoms with van der Waals surface area (Å²) >= 11 is 3.34. The number of rotatable bonds is 4.